The van der Waals surface area contributed by atoms with Gasteiger partial charge in [-0.05, 0) is 42.2 Å². The first-order valence-electron chi connectivity index (χ1n) is 8.13. The van der Waals surface area contributed by atoms with Crippen LogP contribution in [0, 0.1) is 11.7 Å². The van der Waals surface area contributed by atoms with E-state index < -0.39 is 0 Å². The van der Waals surface area contributed by atoms with E-state index in [0.717, 1.165) is 17.5 Å². The molecule has 1 heterocycles. The van der Waals surface area contributed by atoms with E-state index >= 15 is 0 Å². The largest absolute Gasteiger partial charge is 0.325 e. The van der Waals surface area contributed by atoms with Crippen LogP contribution in [-0.2, 0) is 11.8 Å². The number of hydrogen-bond donors (Lipinski definition) is 1. The average Bonchev–Trinajstić information content (AvgIpc) is 3.31. The molecule has 25 heavy (non-hydrogen) atoms. The summed E-state index contributed by atoms with van der Waals surface area (Å²) in [6.07, 6.45) is 2.36. The molecule has 1 aromatic heterocycles. The molecule has 0 radical (unpaired) electrons. The maximum atomic E-state index is 13.4. The van der Waals surface area contributed by atoms with Gasteiger partial charge < -0.3 is 9.88 Å². The van der Waals surface area contributed by atoms with Gasteiger partial charge in [0.05, 0.1) is 5.69 Å². The van der Waals surface area contributed by atoms with Gasteiger partial charge in [-0.2, -0.15) is 0 Å². The number of nitrogens with zero attached hydrogens (tertiary/aromatic N) is 3. The normalized spacial score (nSPS) is 18.8. The maximum Gasteiger partial charge on any atom is 0.228 e. The van der Waals surface area contributed by atoms with E-state index in [1.807, 2.05) is 37.4 Å². The molecule has 2 aromatic carbocycles. The van der Waals surface area contributed by atoms with Crippen molar-refractivity contribution in [1.82, 2.24) is 14.8 Å². The molecule has 1 saturated carbocycles. The molecule has 0 saturated heterocycles. The van der Waals surface area contributed by atoms with Crippen LogP contribution in [0.15, 0.2) is 54.9 Å². The number of amides is 1. The van der Waals surface area contributed by atoms with Gasteiger partial charge in [0.25, 0.3) is 0 Å². The van der Waals surface area contributed by atoms with Crippen LogP contribution in [0.3, 0.4) is 0 Å². The molecule has 0 spiro atoms. The van der Waals surface area contributed by atoms with Gasteiger partial charge in [0, 0.05) is 18.5 Å². The third-order valence-corrected chi connectivity index (χ3v) is 4.54. The van der Waals surface area contributed by atoms with Crippen LogP contribution in [0.2, 0.25) is 0 Å². The highest BCUT2D eigenvalue weighted by molar-refractivity contribution is 5.98. The number of hydrogen-bond acceptors (Lipinski definition) is 3. The van der Waals surface area contributed by atoms with Crippen LogP contribution in [0.25, 0.3) is 11.4 Å². The van der Waals surface area contributed by atoms with Crippen molar-refractivity contribution in [2.24, 2.45) is 13.0 Å². The lowest BCUT2D eigenvalue weighted by Gasteiger charge is -2.10. The first-order chi connectivity index (χ1) is 12.1. The van der Waals surface area contributed by atoms with Crippen molar-refractivity contribution in [3.05, 3.63) is 66.2 Å². The minimum Gasteiger partial charge on any atom is -0.325 e. The number of aryl methyl sites for hydroxylation is 1. The Balaban J connectivity index is 1.52. The zero-order valence-electron chi connectivity index (χ0n) is 13.7. The van der Waals surface area contributed by atoms with Crippen LogP contribution in [0.1, 0.15) is 17.9 Å². The average molecular weight is 336 g/mol. The number of nitrogens with one attached hydrogen (secondary N) is 1. The van der Waals surface area contributed by atoms with Crippen LogP contribution >= 0.6 is 0 Å². The van der Waals surface area contributed by atoms with Crippen molar-refractivity contribution in [2.45, 2.75) is 12.3 Å². The minimum atomic E-state index is -0.267. The van der Waals surface area contributed by atoms with Crippen molar-refractivity contribution < 1.29 is 9.18 Å². The molecule has 1 amide bonds. The molecule has 1 fully saturated rings. The maximum absolute atomic E-state index is 13.4. The molecule has 5 nitrogen and oxygen atoms in total. The predicted octanol–water partition coefficient (Wildman–Crippen LogP) is 3.36. The molecule has 1 aliphatic carbocycles. The van der Waals surface area contributed by atoms with E-state index in [-0.39, 0.29) is 23.6 Å². The first kappa shape index (κ1) is 15.5. The summed E-state index contributed by atoms with van der Waals surface area (Å²) in [5, 5.41) is 11.0. The molecular formula is C19H17FN4O. The second-order valence-electron chi connectivity index (χ2n) is 6.30. The molecule has 0 unspecified atom stereocenters. The highest BCUT2D eigenvalue weighted by atomic mass is 19.1. The van der Waals surface area contributed by atoms with E-state index in [2.05, 4.69) is 15.5 Å². The van der Waals surface area contributed by atoms with Crippen LogP contribution < -0.4 is 5.32 Å². The Morgan fingerprint density at radius 3 is 2.84 bits per heavy atom. The van der Waals surface area contributed by atoms with E-state index in [1.165, 1.54) is 12.1 Å². The van der Waals surface area contributed by atoms with Gasteiger partial charge in [-0.15, -0.1) is 10.2 Å². The Bertz CT molecular complexity index is 936. The van der Waals surface area contributed by atoms with Gasteiger partial charge in [0.2, 0.25) is 5.91 Å². The predicted molar refractivity (Wildman–Crippen MR) is 92.3 cm³/mol. The third kappa shape index (κ3) is 3.03. The zero-order chi connectivity index (χ0) is 17.4. The lowest BCUT2D eigenvalue weighted by molar-refractivity contribution is -0.117. The highest BCUT2D eigenvalue weighted by Crippen LogP contribution is 2.48. The molecular weight excluding hydrogens is 319 g/mol. The van der Waals surface area contributed by atoms with Gasteiger partial charge in [-0.1, -0.05) is 24.3 Å². The number of halogens is 1. The smallest absolute Gasteiger partial charge is 0.228 e. The Labute approximate surface area is 144 Å². The first-order valence-corrected chi connectivity index (χ1v) is 8.13. The molecule has 0 bridgehead atoms. The van der Waals surface area contributed by atoms with Crippen LogP contribution in [0.5, 0.6) is 0 Å². The Kier molecular flexibility index (Phi) is 3.80. The van der Waals surface area contributed by atoms with E-state index in [1.54, 1.807) is 17.0 Å². The summed E-state index contributed by atoms with van der Waals surface area (Å²) < 4.78 is 15.2. The van der Waals surface area contributed by atoms with Crippen molar-refractivity contribution in [3.8, 4) is 11.4 Å². The molecule has 1 N–H and O–H groups in total. The number of carbonyl (C=O) groups excluding carboxylic acids is 1. The summed E-state index contributed by atoms with van der Waals surface area (Å²) in [7, 11) is 1.86. The molecule has 2 atom stereocenters. The summed E-state index contributed by atoms with van der Waals surface area (Å²) in [6.45, 7) is 0. The Hall–Kier alpha value is -3.02. The second kappa shape index (κ2) is 6.12. The van der Waals surface area contributed by atoms with E-state index in [9.17, 15) is 9.18 Å². The standard InChI is InChI=1S/C19H17FN4O/c1-24-11-21-23-18(24)14-7-2-3-8-17(14)22-19(25)16-10-15(16)12-5-4-6-13(20)9-12/h2-9,11,15-16H,10H2,1H3,(H,22,25)/t15-,16-/m0/s1. The quantitative estimate of drug-likeness (QED) is 0.795. The molecule has 4 rings (SSSR count). The second-order valence-corrected chi connectivity index (χ2v) is 6.30. The minimum absolute atomic E-state index is 0.0520. The summed E-state index contributed by atoms with van der Waals surface area (Å²) in [5.74, 6) is 0.320. The fraction of sp³-hybridized carbons (Fsp3) is 0.211. The molecule has 1 aliphatic rings. The van der Waals surface area contributed by atoms with Crippen molar-refractivity contribution in [2.75, 3.05) is 5.32 Å². The zero-order valence-corrected chi connectivity index (χ0v) is 13.7. The molecule has 6 heteroatoms. The summed E-state index contributed by atoms with van der Waals surface area (Å²) in [6, 6.07) is 14.0. The molecule has 126 valence electrons. The highest BCUT2D eigenvalue weighted by Gasteiger charge is 2.44. The molecule has 3 aromatic rings. The third-order valence-electron chi connectivity index (χ3n) is 4.54. The van der Waals surface area contributed by atoms with Crippen molar-refractivity contribution in [1.29, 1.82) is 0 Å². The topological polar surface area (TPSA) is 59.8 Å². The van der Waals surface area contributed by atoms with Gasteiger partial charge in [0.1, 0.15) is 12.1 Å². The number of benzene rings is 2. The Morgan fingerprint density at radius 2 is 2.08 bits per heavy atom. The van der Waals surface area contributed by atoms with Gasteiger partial charge in [0.15, 0.2) is 5.82 Å². The summed E-state index contributed by atoms with van der Waals surface area (Å²) in [4.78, 5) is 12.6. The number of anilines is 1. The van der Waals surface area contributed by atoms with Crippen molar-refractivity contribution >= 4 is 11.6 Å². The van der Waals surface area contributed by atoms with Crippen LogP contribution in [0.4, 0.5) is 10.1 Å². The summed E-state index contributed by atoms with van der Waals surface area (Å²) >= 11 is 0. The van der Waals surface area contributed by atoms with E-state index in [4.69, 9.17) is 0 Å². The molecule has 0 aliphatic heterocycles. The number of rotatable bonds is 4. The lowest BCUT2D eigenvalue weighted by atomic mass is 10.1. The van der Waals surface area contributed by atoms with Crippen molar-refractivity contribution in [3.63, 3.8) is 0 Å². The Morgan fingerprint density at radius 1 is 1.24 bits per heavy atom. The number of carbonyl (C=O) groups is 1. The lowest BCUT2D eigenvalue weighted by Crippen LogP contribution is -2.15. The fourth-order valence-electron chi connectivity index (χ4n) is 3.13. The number of para-hydroxylation sites is 1. The van der Waals surface area contributed by atoms with Gasteiger partial charge in [-0.3, -0.25) is 4.79 Å². The monoisotopic (exact) mass is 336 g/mol. The SMILES string of the molecule is Cn1cnnc1-c1ccccc1NC(=O)[C@H]1C[C@H]1c1cccc(F)c1. The van der Waals surface area contributed by atoms with Gasteiger partial charge >= 0.3 is 0 Å². The number of aromatic nitrogens is 3. The summed E-state index contributed by atoms with van der Waals surface area (Å²) in [5.41, 5.74) is 2.40. The fourth-order valence-corrected chi connectivity index (χ4v) is 3.13. The van der Waals surface area contributed by atoms with E-state index in [0.29, 0.717) is 11.5 Å². The van der Waals surface area contributed by atoms with Gasteiger partial charge in [-0.25, -0.2) is 4.39 Å². The van der Waals surface area contributed by atoms with Crippen LogP contribution in [-0.4, -0.2) is 20.7 Å².